The van der Waals surface area contributed by atoms with Crippen LogP contribution in [-0.4, -0.2) is 30.6 Å². The van der Waals surface area contributed by atoms with Gasteiger partial charge in [-0.3, -0.25) is 19.8 Å². The van der Waals surface area contributed by atoms with Crippen LogP contribution in [0.1, 0.15) is 12.5 Å². The van der Waals surface area contributed by atoms with Gasteiger partial charge in [-0.1, -0.05) is 17.7 Å². The molecular weight excluding hydrogens is 400 g/mol. The molecule has 2 aromatic rings. The lowest BCUT2D eigenvalue weighted by molar-refractivity contribution is -0.122. The Bertz CT molecular complexity index is 973. The monoisotopic (exact) mass is 416 g/mol. The van der Waals surface area contributed by atoms with E-state index >= 15 is 0 Å². The number of carbonyl (C=O) groups is 2. The van der Waals surface area contributed by atoms with Gasteiger partial charge in [0.2, 0.25) is 0 Å². The molecular formula is C20H17ClN2O4S. The second-order valence-electron chi connectivity index (χ2n) is 5.78. The molecule has 1 heterocycles. The molecule has 144 valence electrons. The van der Waals surface area contributed by atoms with E-state index in [-0.39, 0.29) is 10.7 Å². The number of rotatable bonds is 5. The standard InChI is InChI=1S/C20H17ClN2O4S/c1-3-27-14-7-5-13(6-8-14)23-19(25)15(18(24)22-20(23)28)10-12-4-9-17(26-2)16(21)11-12/h4-11H,3H2,1-2H3,(H,22,24,28)/b15-10-. The van der Waals surface area contributed by atoms with Gasteiger partial charge in [-0.2, -0.15) is 0 Å². The summed E-state index contributed by atoms with van der Waals surface area (Å²) in [7, 11) is 1.51. The molecule has 1 aliphatic rings. The van der Waals surface area contributed by atoms with Crippen molar-refractivity contribution in [3.05, 3.63) is 58.6 Å². The fourth-order valence-corrected chi connectivity index (χ4v) is 3.24. The number of hydrogen-bond acceptors (Lipinski definition) is 5. The van der Waals surface area contributed by atoms with Crippen molar-refractivity contribution in [1.29, 1.82) is 0 Å². The van der Waals surface area contributed by atoms with Crippen molar-refractivity contribution in [3.63, 3.8) is 0 Å². The zero-order chi connectivity index (χ0) is 20.3. The van der Waals surface area contributed by atoms with Gasteiger partial charge in [0.25, 0.3) is 11.8 Å². The van der Waals surface area contributed by atoms with E-state index in [1.54, 1.807) is 42.5 Å². The molecule has 0 aliphatic carbocycles. The number of benzene rings is 2. The topological polar surface area (TPSA) is 67.9 Å². The second-order valence-corrected chi connectivity index (χ2v) is 6.57. The first kappa shape index (κ1) is 19.9. The zero-order valence-corrected chi connectivity index (χ0v) is 16.8. The van der Waals surface area contributed by atoms with Crippen LogP contribution in [-0.2, 0) is 9.59 Å². The van der Waals surface area contributed by atoms with E-state index in [9.17, 15) is 9.59 Å². The molecule has 6 nitrogen and oxygen atoms in total. The Kier molecular flexibility index (Phi) is 5.96. The molecule has 0 bridgehead atoms. The summed E-state index contributed by atoms with van der Waals surface area (Å²) in [4.78, 5) is 26.6. The smallest absolute Gasteiger partial charge is 0.270 e. The number of nitrogens with zero attached hydrogens (tertiary/aromatic N) is 1. The maximum atomic E-state index is 13.0. The molecule has 2 aromatic carbocycles. The van der Waals surface area contributed by atoms with Crippen molar-refractivity contribution >= 4 is 52.5 Å². The molecule has 0 aromatic heterocycles. The van der Waals surface area contributed by atoms with Gasteiger partial charge in [0.15, 0.2) is 5.11 Å². The van der Waals surface area contributed by atoms with Gasteiger partial charge in [-0.15, -0.1) is 0 Å². The number of ether oxygens (including phenoxy) is 2. The second kappa shape index (κ2) is 8.41. The predicted octanol–water partition coefficient (Wildman–Crippen LogP) is 3.58. The highest BCUT2D eigenvalue weighted by Crippen LogP contribution is 2.28. The molecule has 1 aliphatic heterocycles. The summed E-state index contributed by atoms with van der Waals surface area (Å²) < 4.78 is 10.5. The molecule has 0 spiro atoms. The quantitative estimate of drug-likeness (QED) is 0.458. The first-order chi connectivity index (χ1) is 13.4. The Morgan fingerprint density at radius 2 is 1.89 bits per heavy atom. The molecule has 1 N–H and O–H groups in total. The highest BCUT2D eigenvalue weighted by atomic mass is 35.5. The van der Waals surface area contributed by atoms with Gasteiger partial charge in [-0.05, 0) is 67.2 Å². The lowest BCUT2D eigenvalue weighted by Gasteiger charge is -2.29. The highest BCUT2D eigenvalue weighted by molar-refractivity contribution is 7.80. The summed E-state index contributed by atoms with van der Waals surface area (Å²) in [6.45, 7) is 2.42. The van der Waals surface area contributed by atoms with Crippen LogP contribution >= 0.6 is 23.8 Å². The Balaban J connectivity index is 1.94. The molecule has 3 rings (SSSR count). The van der Waals surface area contributed by atoms with Crippen LogP contribution in [0.4, 0.5) is 5.69 Å². The van der Waals surface area contributed by atoms with E-state index < -0.39 is 11.8 Å². The number of thiocarbonyl (C=S) groups is 1. The summed E-state index contributed by atoms with van der Waals surface area (Å²) in [5.41, 5.74) is 1.06. The van der Waals surface area contributed by atoms with E-state index in [4.69, 9.17) is 33.3 Å². The van der Waals surface area contributed by atoms with Gasteiger partial charge >= 0.3 is 0 Å². The maximum absolute atomic E-state index is 13.0. The molecule has 1 saturated heterocycles. The van der Waals surface area contributed by atoms with Crippen LogP contribution < -0.4 is 19.7 Å². The minimum atomic E-state index is -0.566. The maximum Gasteiger partial charge on any atom is 0.270 e. The lowest BCUT2D eigenvalue weighted by atomic mass is 10.1. The fraction of sp³-hybridized carbons (Fsp3) is 0.150. The van der Waals surface area contributed by atoms with Gasteiger partial charge in [0.1, 0.15) is 17.1 Å². The number of carbonyl (C=O) groups excluding carboxylic acids is 2. The number of anilines is 1. The van der Waals surface area contributed by atoms with Crippen LogP contribution in [0.25, 0.3) is 6.08 Å². The van der Waals surface area contributed by atoms with Crippen molar-refractivity contribution in [2.24, 2.45) is 0 Å². The molecule has 28 heavy (non-hydrogen) atoms. The third-order valence-electron chi connectivity index (χ3n) is 3.99. The Hall–Kier alpha value is -2.90. The molecule has 1 fully saturated rings. The SMILES string of the molecule is CCOc1ccc(N2C(=O)/C(=C\c3ccc(OC)c(Cl)c3)C(=O)NC2=S)cc1. The first-order valence-corrected chi connectivity index (χ1v) is 9.21. The molecule has 0 saturated carbocycles. The summed E-state index contributed by atoms with van der Waals surface area (Å²) in [5.74, 6) is 0.0868. The number of methoxy groups -OCH3 is 1. The molecule has 0 radical (unpaired) electrons. The zero-order valence-electron chi connectivity index (χ0n) is 15.2. The number of halogens is 1. The number of hydrogen-bond donors (Lipinski definition) is 1. The molecule has 0 unspecified atom stereocenters. The van der Waals surface area contributed by atoms with E-state index in [0.717, 1.165) is 0 Å². The summed E-state index contributed by atoms with van der Waals surface area (Å²) in [6.07, 6.45) is 1.46. The van der Waals surface area contributed by atoms with Crippen molar-refractivity contribution in [3.8, 4) is 11.5 Å². The van der Waals surface area contributed by atoms with Crippen molar-refractivity contribution in [1.82, 2.24) is 5.32 Å². The fourth-order valence-electron chi connectivity index (χ4n) is 2.69. The molecule has 2 amide bonds. The van der Waals surface area contributed by atoms with Gasteiger partial charge in [-0.25, -0.2) is 0 Å². The van der Waals surface area contributed by atoms with Crippen molar-refractivity contribution in [2.45, 2.75) is 6.92 Å². The van der Waals surface area contributed by atoms with Crippen LogP contribution in [0.5, 0.6) is 11.5 Å². The van der Waals surface area contributed by atoms with Crippen LogP contribution in [0, 0.1) is 0 Å². The summed E-state index contributed by atoms with van der Waals surface area (Å²) in [6, 6.07) is 11.8. The van der Waals surface area contributed by atoms with E-state index in [1.165, 1.54) is 18.1 Å². The predicted molar refractivity (Wildman–Crippen MR) is 112 cm³/mol. The summed E-state index contributed by atoms with van der Waals surface area (Å²) >= 11 is 11.3. The van der Waals surface area contributed by atoms with Crippen LogP contribution in [0.15, 0.2) is 48.0 Å². The normalized spacial score (nSPS) is 15.6. The Morgan fingerprint density at radius 3 is 2.50 bits per heavy atom. The average Bonchev–Trinajstić information content (AvgIpc) is 2.67. The average molecular weight is 417 g/mol. The van der Waals surface area contributed by atoms with Gasteiger partial charge < -0.3 is 9.47 Å². The Morgan fingerprint density at radius 1 is 1.18 bits per heavy atom. The van der Waals surface area contributed by atoms with Crippen LogP contribution in [0.2, 0.25) is 5.02 Å². The third kappa shape index (κ3) is 4.00. The Labute approximate surface area is 172 Å². The van der Waals surface area contributed by atoms with E-state index in [2.05, 4.69) is 5.32 Å². The van der Waals surface area contributed by atoms with Crippen molar-refractivity contribution in [2.75, 3.05) is 18.6 Å². The summed E-state index contributed by atoms with van der Waals surface area (Å²) in [5, 5.41) is 2.94. The minimum absolute atomic E-state index is 0.0177. The largest absolute Gasteiger partial charge is 0.495 e. The lowest BCUT2D eigenvalue weighted by Crippen LogP contribution is -2.54. The third-order valence-corrected chi connectivity index (χ3v) is 4.57. The first-order valence-electron chi connectivity index (χ1n) is 8.42. The minimum Gasteiger partial charge on any atom is -0.495 e. The van der Waals surface area contributed by atoms with Crippen LogP contribution in [0.3, 0.4) is 0 Å². The van der Waals surface area contributed by atoms with Gasteiger partial charge in [0, 0.05) is 0 Å². The van der Waals surface area contributed by atoms with E-state index in [1.807, 2.05) is 6.92 Å². The van der Waals surface area contributed by atoms with Crippen molar-refractivity contribution < 1.29 is 19.1 Å². The molecule has 0 atom stereocenters. The molecule has 8 heteroatoms. The van der Waals surface area contributed by atoms with Gasteiger partial charge in [0.05, 0.1) is 24.4 Å². The number of nitrogens with one attached hydrogen (secondary N) is 1. The van der Waals surface area contributed by atoms with E-state index in [0.29, 0.717) is 34.4 Å². The highest BCUT2D eigenvalue weighted by Gasteiger charge is 2.34. The number of amides is 2.